The fraction of sp³-hybridized carbons (Fsp3) is 0.583. The first-order valence-electron chi connectivity index (χ1n) is 5.97. The van der Waals surface area contributed by atoms with Crippen molar-refractivity contribution in [2.45, 2.75) is 32.4 Å². The molecule has 1 saturated heterocycles. The van der Waals surface area contributed by atoms with Gasteiger partial charge in [0.15, 0.2) is 0 Å². The highest BCUT2D eigenvalue weighted by molar-refractivity contribution is 7.85. The van der Waals surface area contributed by atoms with Crippen LogP contribution in [0.5, 0.6) is 0 Å². The molecule has 1 aromatic rings. The van der Waals surface area contributed by atoms with Gasteiger partial charge in [-0.1, -0.05) is 0 Å². The number of carboxylic acid groups (broad SMARTS) is 1. The standard InChI is InChI=1S/C12H17NO3S2/c1-8-9(6-11(17-8)12(14)15)7-13-10-2-4-18(16)5-3-10/h6,10,13H,2-5,7H2,1H3,(H,14,15). The first kappa shape index (κ1) is 13.7. The number of aromatic carboxylic acids is 1. The van der Waals surface area contributed by atoms with Crippen molar-refractivity contribution in [3.8, 4) is 0 Å². The van der Waals surface area contributed by atoms with Gasteiger partial charge in [0.25, 0.3) is 0 Å². The maximum atomic E-state index is 11.2. The number of nitrogens with one attached hydrogen (secondary N) is 1. The summed E-state index contributed by atoms with van der Waals surface area (Å²) in [4.78, 5) is 12.3. The van der Waals surface area contributed by atoms with Crippen LogP contribution in [-0.2, 0) is 17.3 Å². The Morgan fingerprint density at radius 2 is 2.22 bits per heavy atom. The zero-order valence-corrected chi connectivity index (χ0v) is 11.9. The van der Waals surface area contributed by atoms with E-state index in [-0.39, 0.29) is 0 Å². The molecule has 0 unspecified atom stereocenters. The van der Waals surface area contributed by atoms with Gasteiger partial charge in [-0.3, -0.25) is 4.21 Å². The molecule has 1 aliphatic heterocycles. The van der Waals surface area contributed by atoms with Crippen LogP contribution in [0.15, 0.2) is 6.07 Å². The lowest BCUT2D eigenvalue weighted by atomic mass is 10.1. The molecule has 0 saturated carbocycles. The zero-order valence-electron chi connectivity index (χ0n) is 10.3. The summed E-state index contributed by atoms with van der Waals surface area (Å²) in [6, 6.07) is 2.16. The van der Waals surface area contributed by atoms with Gasteiger partial charge in [-0.05, 0) is 31.4 Å². The molecule has 0 spiro atoms. The van der Waals surface area contributed by atoms with Crippen LogP contribution >= 0.6 is 11.3 Å². The largest absolute Gasteiger partial charge is 0.477 e. The fourth-order valence-corrected chi connectivity index (χ4v) is 4.23. The van der Waals surface area contributed by atoms with Crippen molar-refractivity contribution in [3.05, 3.63) is 21.4 Å². The van der Waals surface area contributed by atoms with Crippen molar-refractivity contribution in [2.75, 3.05) is 11.5 Å². The Morgan fingerprint density at radius 3 is 2.78 bits per heavy atom. The van der Waals surface area contributed by atoms with Gasteiger partial charge in [-0.25, -0.2) is 4.79 Å². The molecule has 1 aliphatic rings. The molecule has 0 bridgehead atoms. The lowest BCUT2D eigenvalue weighted by molar-refractivity contribution is 0.0702. The molecule has 2 heterocycles. The molecule has 1 aromatic heterocycles. The Hall–Kier alpha value is -0.720. The van der Waals surface area contributed by atoms with Crippen molar-refractivity contribution >= 4 is 28.1 Å². The minimum atomic E-state index is -0.859. The Kier molecular flexibility index (Phi) is 4.53. The SMILES string of the molecule is Cc1sc(C(=O)O)cc1CNC1CCS(=O)CC1. The summed E-state index contributed by atoms with van der Waals surface area (Å²) in [5.74, 6) is 0.698. The van der Waals surface area contributed by atoms with Crippen LogP contribution in [-0.4, -0.2) is 32.8 Å². The van der Waals surface area contributed by atoms with Gasteiger partial charge in [0.2, 0.25) is 0 Å². The third-order valence-corrected chi connectivity index (χ3v) is 5.66. The van der Waals surface area contributed by atoms with Crippen LogP contribution in [0, 0.1) is 6.92 Å². The molecule has 0 atom stereocenters. The van der Waals surface area contributed by atoms with E-state index in [1.807, 2.05) is 6.92 Å². The maximum absolute atomic E-state index is 11.2. The van der Waals surface area contributed by atoms with Gasteiger partial charge >= 0.3 is 5.97 Å². The van der Waals surface area contributed by atoms with E-state index in [2.05, 4.69) is 5.32 Å². The maximum Gasteiger partial charge on any atom is 0.345 e. The molecule has 100 valence electrons. The van der Waals surface area contributed by atoms with Gasteiger partial charge in [-0.2, -0.15) is 0 Å². The average Bonchev–Trinajstić information content (AvgIpc) is 2.70. The zero-order chi connectivity index (χ0) is 13.1. The van der Waals surface area contributed by atoms with Crippen LogP contribution in [0.3, 0.4) is 0 Å². The second-order valence-corrected chi connectivity index (χ2v) is 7.45. The molecular weight excluding hydrogens is 270 g/mol. The molecular formula is C12H17NO3S2. The van der Waals surface area contributed by atoms with E-state index in [9.17, 15) is 9.00 Å². The van der Waals surface area contributed by atoms with E-state index in [1.165, 1.54) is 11.3 Å². The van der Waals surface area contributed by atoms with Crippen LogP contribution in [0.4, 0.5) is 0 Å². The second kappa shape index (κ2) is 5.95. The molecule has 2 rings (SSSR count). The second-order valence-electron chi connectivity index (χ2n) is 4.50. The van der Waals surface area contributed by atoms with E-state index in [1.54, 1.807) is 6.07 Å². The van der Waals surface area contributed by atoms with Gasteiger partial charge in [0, 0.05) is 39.8 Å². The number of carbonyl (C=O) groups is 1. The highest BCUT2D eigenvalue weighted by Crippen LogP contribution is 2.22. The quantitative estimate of drug-likeness (QED) is 0.885. The van der Waals surface area contributed by atoms with E-state index in [0.717, 1.165) is 34.8 Å². The highest BCUT2D eigenvalue weighted by Gasteiger charge is 2.18. The van der Waals surface area contributed by atoms with Gasteiger partial charge in [0.1, 0.15) is 4.88 Å². The normalized spacial score (nSPS) is 24.1. The molecule has 18 heavy (non-hydrogen) atoms. The van der Waals surface area contributed by atoms with E-state index >= 15 is 0 Å². The predicted molar refractivity (Wildman–Crippen MR) is 73.8 cm³/mol. The molecule has 6 heteroatoms. The van der Waals surface area contributed by atoms with Crippen LogP contribution in [0.2, 0.25) is 0 Å². The molecule has 0 aromatic carbocycles. The topological polar surface area (TPSA) is 66.4 Å². The smallest absolute Gasteiger partial charge is 0.345 e. The van der Waals surface area contributed by atoms with Crippen LogP contribution in [0.25, 0.3) is 0 Å². The summed E-state index contributed by atoms with van der Waals surface area (Å²) in [7, 11) is -0.631. The Labute approximate surface area is 113 Å². The van der Waals surface area contributed by atoms with Gasteiger partial charge < -0.3 is 10.4 Å². The van der Waals surface area contributed by atoms with Crippen molar-refractivity contribution in [1.29, 1.82) is 0 Å². The molecule has 4 nitrogen and oxygen atoms in total. The predicted octanol–water partition coefficient (Wildman–Crippen LogP) is 1.76. The fourth-order valence-electron chi connectivity index (χ4n) is 2.05. The van der Waals surface area contributed by atoms with Crippen LogP contribution in [0.1, 0.15) is 33.0 Å². The van der Waals surface area contributed by atoms with Gasteiger partial charge in [0.05, 0.1) is 0 Å². The highest BCUT2D eigenvalue weighted by atomic mass is 32.2. The van der Waals surface area contributed by atoms with Crippen molar-refractivity contribution in [2.24, 2.45) is 0 Å². The summed E-state index contributed by atoms with van der Waals surface area (Å²) >= 11 is 1.32. The Balaban J connectivity index is 1.90. The number of hydrogen-bond donors (Lipinski definition) is 2. The number of hydrogen-bond acceptors (Lipinski definition) is 4. The molecule has 0 aliphatic carbocycles. The lowest BCUT2D eigenvalue weighted by Crippen LogP contribution is -2.35. The molecule has 1 fully saturated rings. The van der Waals surface area contributed by atoms with Crippen molar-refractivity contribution in [3.63, 3.8) is 0 Å². The molecule has 0 radical (unpaired) electrons. The summed E-state index contributed by atoms with van der Waals surface area (Å²) in [5, 5.41) is 12.4. The summed E-state index contributed by atoms with van der Waals surface area (Å²) in [5.41, 5.74) is 1.06. The number of aryl methyl sites for hydroxylation is 1. The van der Waals surface area contributed by atoms with E-state index in [0.29, 0.717) is 17.5 Å². The number of carboxylic acids is 1. The Morgan fingerprint density at radius 1 is 1.56 bits per heavy atom. The lowest BCUT2D eigenvalue weighted by Gasteiger charge is -2.22. The van der Waals surface area contributed by atoms with Gasteiger partial charge in [-0.15, -0.1) is 11.3 Å². The van der Waals surface area contributed by atoms with Crippen LogP contribution < -0.4 is 5.32 Å². The van der Waals surface area contributed by atoms with E-state index < -0.39 is 16.8 Å². The monoisotopic (exact) mass is 287 g/mol. The number of rotatable bonds is 4. The van der Waals surface area contributed by atoms with Crippen molar-refractivity contribution < 1.29 is 14.1 Å². The average molecular weight is 287 g/mol. The third-order valence-electron chi connectivity index (χ3n) is 3.20. The molecule has 0 amide bonds. The first-order chi connectivity index (χ1) is 8.56. The summed E-state index contributed by atoms with van der Waals surface area (Å²) in [6.07, 6.45) is 1.89. The van der Waals surface area contributed by atoms with Crippen molar-refractivity contribution in [1.82, 2.24) is 5.32 Å². The first-order valence-corrected chi connectivity index (χ1v) is 8.27. The number of thiophene rings is 1. The molecule has 2 N–H and O–H groups in total. The van der Waals surface area contributed by atoms with E-state index in [4.69, 9.17) is 5.11 Å². The third kappa shape index (κ3) is 3.40. The minimum Gasteiger partial charge on any atom is -0.477 e. The summed E-state index contributed by atoms with van der Waals surface area (Å²) in [6.45, 7) is 2.65. The minimum absolute atomic E-state index is 0.397. The summed E-state index contributed by atoms with van der Waals surface area (Å²) < 4.78 is 11.2. The Bertz CT molecular complexity index is 460.